The molecule has 0 radical (unpaired) electrons. The van der Waals surface area contributed by atoms with Crippen molar-refractivity contribution in [1.82, 2.24) is 14.9 Å². The second kappa shape index (κ2) is 12.5. The topological polar surface area (TPSA) is 120 Å². The van der Waals surface area contributed by atoms with Gasteiger partial charge in [0.2, 0.25) is 17.7 Å². The van der Waals surface area contributed by atoms with E-state index in [-0.39, 0.29) is 29.2 Å². The van der Waals surface area contributed by atoms with Crippen LogP contribution in [0.3, 0.4) is 0 Å². The molecular weight excluding hydrogens is 542 g/mol. The normalized spacial score (nSPS) is 16.2. The average Bonchev–Trinajstić information content (AvgIpc) is 3.56. The van der Waals surface area contributed by atoms with Crippen molar-refractivity contribution in [2.75, 3.05) is 64.2 Å². The van der Waals surface area contributed by atoms with Crippen LogP contribution in [0.4, 0.5) is 11.6 Å². The number of aryl methyl sites for hydroxylation is 2. The molecule has 0 unspecified atom stereocenters. The molecule has 3 aromatic rings. The number of rotatable bonds is 11. The Hall–Kier alpha value is -3.61. The number of ether oxygens (including phenoxy) is 4. The molecule has 0 atom stereocenters. The number of anilines is 2. The lowest BCUT2D eigenvalue weighted by Gasteiger charge is -2.26. The van der Waals surface area contributed by atoms with E-state index < -0.39 is 14.0 Å². The first-order valence-electron chi connectivity index (χ1n) is 14.0. The van der Waals surface area contributed by atoms with Crippen LogP contribution in [0.15, 0.2) is 28.7 Å². The van der Waals surface area contributed by atoms with Gasteiger partial charge in [0.25, 0.3) is 11.9 Å². The van der Waals surface area contributed by atoms with Gasteiger partial charge in [-0.2, -0.15) is 9.97 Å². The number of carbonyl (C=O) groups is 1. The Morgan fingerprint density at radius 3 is 2.54 bits per heavy atom. The van der Waals surface area contributed by atoms with E-state index in [0.717, 1.165) is 57.0 Å². The van der Waals surface area contributed by atoms with Gasteiger partial charge in [-0.3, -0.25) is 9.69 Å². The molecule has 1 saturated heterocycles. The molecule has 0 saturated carbocycles. The van der Waals surface area contributed by atoms with E-state index in [4.69, 9.17) is 23.4 Å². The third-order valence-corrected chi connectivity index (χ3v) is 11.1. The predicted octanol–water partition coefficient (Wildman–Crippen LogP) is 4.05. The van der Waals surface area contributed by atoms with E-state index in [1.165, 1.54) is 31.0 Å². The standard InChI is InChI=1S/C29H39N5O6Si/c1-19-17-20-9-16-41(4,5)23(20)18-22(19)40-24-8-7-21(39-24)26(35)31-25-27(36-2)32-29(33-28(25)37-3)30-10-6-11-34-12-14-38-15-13-34/h7-8,17-18H,6,9-16H2,1-5H3,(H,31,35)(H,30,32,33). The predicted molar refractivity (Wildman–Crippen MR) is 159 cm³/mol. The van der Waals surface area contributed by atoms with Gasteiger partial charge < -0.3 is 34.0 Å². The fraction of sp³-hybridized carbons (Fsp3) is 0.483. The van der Waals surface area contributed by atoms with Gasteiger partial charge in [-0.15, -0.1) is 0 Å². The number of nitrogens with zero attached hydrogens (tertiary/aromatic N) is 3. The molecule has 4 heterocycles. The molecule has 41 heavy (non-hydrogen) atoms. The van der Waals surface area contributed by atoms with Crippen molar-refractivity contribution in [3.05, 3.63) is 41.2 Å². The minimum absolute atomic E-state index is 0.0722. The van der Waals surface area contributed by atoms with Crippen molar-refractivity contribution in [2.24, 2.45) is 0 Å². The summed E-state index contributed by atoms with van der Waals surface area (Å²) in [4.78, 5) is 24.3. The summed E-state index contributed by atoms with van der Waals surface area (Å²) in [5.74, 6) is 1.24. The van der Waals surface area contributed by atoms with Gasteiger partial charge in [-0.25, -0.2) is 0 Å². The van der Waals surface area contributed by atoms with Crippen LogP contribution >= 0.6 is 0 Å². The van der Waals surface area contributed by atoms with Gasteiger partial charge in [-0.05, 0) is 55.6 Å². The summed E-state index contributed by atoms with van der Waals surface area (Å²) in [6, 6.07) is 8.82. The van der Waals surface area contributed by atoms with E-state index in [1.807, 2.05) is 6.92 Å². The average molecular weight is 582 g/mol. The molecule has 2 aliphatic heterocycles. The number of aromatic nitrogens is 2. The lowest BCUT2D eigenvalue weighted by molar-refractivity contribution is 0.0378. The van der Waals surface area contributed by atoms with Crippen LogP contribution in [-0.4, -0.2) is 82.5 Å². The first-order chi connectivity index (χ1) is 19.8. The molecule has 2 aromatic heterocycles. The van der Waals surface area contributed by atoms with Gasteiger partial charge >= 0.3 is 0 Å². The summed E-state index contributed by atoms with van der Waals surface area (Å²) in [5.41, 5.74) is 2.67. The highest BCUT2D eigenvalue weighted by Crippen LogP contribution is 2.34. The maximum Gasteiger partial charge on any atom is 0.291 e. The number of amides is 1. The van der Waals surface area contributed by atoms with Gasteiger partial charge in [0.15, 0.2) is 11.4 Å². The molecule has 0 aliphatic carbocycles. The molecule has 0 spiro atoms. The van der Waals surface area contributed by atoms with Crippen molar-refractivity contribution >= 4 is 30.8 Å². The summed E-state index contributed by atoms with van der Waals surface area (Å²) >= 11 is 0. The lowest BCUT2D eigenvalue weighted by atomic mass is 10.1. The van der Waals surface area contributed by atoms with Crippen LogP contribution in [0.5, 0.6) is 23.5 Å². The third kappa shape index (κ3) is 6.66. The fourth-order valence-corrected chi connectivity index (χ4v) is 8.04. The van der Waals surface area contributed by atoms with Crippen LogP contribution in [0, 0.1) is 6.92 Å². The van der Waals surface area contributed by atoms with E-state index in [0.29, 0.717) is 12.5 Å². The molecule has 2 aliphatic rings. The van der Waals surface area contributed by atoms with Crippen LogP contribution in [-0.2, 0) is 11.2 Å². The minimum atomic E-state index is -1.45. The number of hydrogen-bond acceptors (Lipinski definition) is 10. The number of nitrogens with one attached hydrogen (secondary N) is 2. The number of methoxy groups -OCH3 is 2. The Bertz CT molecular complexity index is 1360. The van der Waals surface area contributed by atoms with E-state index >= 15 is 0 Å². The Kier molecular flexibility index (Phi) is 8.81. The van der Waals surface area contributed by atoms with Gasteiger partial charge in [-0.1, -0.05) is 24.3 Å². The van der Waals surface area contributed by atoms with Crippen LogP contribution in [0.1, 0.15) is 28.1 Å². The number of benzene rings is 1. The van der Waals surface area contributed by atoms with Crippen molar-refractivity contribution in [3.63, 3.8) is 0 Å². The Balaban J connectivity index is 1.23. The lowest BCUT2D eigenvalue weighted by Crippen LogP contribution is -2.37. The molecule has 1 fully saturated rings. The van der Waals surface area contributed by atoms with E-state index in [2.05, 4.69) is 50.7 Å². The summed E-state index contributed by atoms with van der Waals surface area (Å²) in [7, 11) is 1.50. The number of carbonyl (C=O) groups excluding carboxylic acids is 1. The van der Waals surface area contributed by atoms with Crippen molar-refractivity contribution in [2.45, 2.75) is 38.9 Å². The van der Waals surface area contributed by atoms with E-state index in [1.54, 1.807) is 12.1 Å². The minimum Gasteiger partial charge on any atom is -0.479 e. The van der Waals surface area contributed by atoms with Crippen molar-refractivity contribution < 1.29 is 28.2 Å². The third-order valence-electron chi connectivity index (χ3n) is 7.67. The first-order valence-corrected chi connectivity index (χ1v) is 17.2. The zero-order valence-corrected chi connectivity index (χ0v) is 25.5. The Morgan fingerprint density at radius 1 is 1.10 bits per heavy atom. The summed E-state index contributed by atoms with van der Waals surface area (Å²) in [6.45, 7) is 11.9. The van der Waals surface area contributed by atoms with Crippen LogP contribution in [0.25, 0.3) is 0 Å². The summed E-state index contributed by atoms with van der Waals surface area (Å²) < 4.78 is 28.2. The van der Waals surface area contributed by atoms with Gasteiger partial charge in [0.05, 0.1) is 35.5 Å². The monoisotopic (exact) mass is 581 g/mol. The molecule has 11 nitrogen and oxygen atoms in total. The largest absolute Gasteiger partial charge is 0.479 e. The highest BCUT2D eigenvalue weighted by molar-refractivity contribution is 6.91. The number of fused-ring (bicyclic) bond motifs is 1. The first kappa shape index (κ1) is 28.9. The quantitative estimate of drug-likeness (QED) is 0.254. The number of hydrogen-bond donors (Lipinski definition) is 2. The SMILES string of the molecule is COc1nc(NCCCN2CCOCC2)nc(OC)c1NC(=O)c1ccc(Oc2cc3c(cc2C)CC[Si]3(C)C)o1. The molecule has 1 aromatic carbocycles. The van der Waals surface area contributed by atoms with Gasteiger partial charge in [0, 0.05) is 25.7 Å². The summed E-state index contributed by atoms with van der Waals surface area (Å²) in [6.07, 6.45) is 2.05. The highest BCUT2D eigenvalue weighted by Gasteiger charge is 2.33. The zero-order chi connectivity index (χ0) is 29.0. The molecule has 2 N–H and O–H groups in total. The molecule has 12 heteroatoms. The summed E-state index contributed by atoms with van der Waals surface area (Å²) in [5, 5.41) is 7.40. The van der Waals surface area contributed by atoms with E-state index in [9.17, 15) is 4.79 Å². The number of furan rings is 1. The maximum atomic E-state index is 13.1. The number of morpholine rings is 1. The second-order valence-corrected chi connectivity index (χ2v) is 15.8. The Morgan fingerprint density at radius 2 is 1.83 bits per heavy atom. The molecule has 220 valence electrons. The second-order valence-electron chi connectivity index (χ2n) is 11.0. The molecule has 1 amide bonds. The zero-order valence-electron chi connectivity index (χ0n) is 24.5. The van der Waals surface area contributed by atoms with Gasteiger partial charge in [0.1, 0.15) is 5.75 Å². The maximum absolute atomic E-state index is 13.1. The molecular formula is C29H39N5O6Si. The smallest absolute Gasteiger partial charge is 0.291 e. The molecule has 0 bridgehead atoms. The van der Waals surface area contributed by atoms with Crippen LogP contribution in [0.2, 0.25) is 19.1 Å². The highest BCUT2D eigenvalue weighted by atomic mass is 28.3. The molecule has 5 rings (SSSR count). The van der Waals surface area contributed by atoms with Crippen molar-refractivity contribution in [3.8, 4) is 23.5 Å². The Labute approximate surface area is 241 Å². The fourth-order valence-electron chi connectivity index (χ4n) is 5.29. The van der Waals surface area contributed by atoms with Crippen LogP contribution < -0.4 is 30.0 Å². The van der Waals surface area contributed by atoms with Crippen molar-refractivity contribution in [1.29, 1.82) is 0 Å².